The zero-order chi connectivity index (χ0) is 13.9. The van der Waals surface area contributed by atoms with E-state index in [2.05, 4.69) is 0 Å². The molecule has 0 bridgehead atoms. The maximum atomic E-state index is 12.3. The standard InChI is InChI=1S/C12H16F3NOS/c1-7(2)5-10(16)9-6-8(3-4-11(9)17)18-12(13,14)15/h3-4,6-7,10,17H,5,16H2,1-2H3/t10-/m1/s1. The first kappa shape index (κ1) is 15.2. The lowest BCUT2D eigenvalue weighted by atomic mass is 9.97. The van der Waals surface area contributed by atoms with Gasteiger partial charge in [0.2, 0.25) is 0 Å². The van der Waals surface area contributed by atoms with E-state index in [0.717, 1.165) is 0 Å². The summed E-state index contributed by atoms with van der Waals surface area (Å²) >= 11 is -0.207. The number of phenols is 1. The molecule has 0 amide bonds. The summed E-state index contributed by atoms with van der Waals surface area (Å²) in [6, 6.07) is 3.34. The van der Waals surface area contributed by atoms with Gasteiger partial charge in [-0.3, -0.25) is 0 Å². The first-order chi connectivity index (χ1) is 8.19. The predicted molar refractivity (Wildman–Crippen MR) is 66.4 cm³/mol. The number of phenolic OH excluding ortho intramolecular Hbond substituents is 1. The lowest BCUT2D eigenvalue weighted by Crippen LogP contribution is -2.13. The first-order valence-corrected chi connectivity index (χ1v) is 6.35. The zero-order valence-electron chi connectivity index (χ0n) is 10.2. The van der Waals surface area contributed by atoms with Crippen LogP contribution in [0, 0.1) is 5.92 Å². The van der Waals surface area contributed by atoms with Gasteiger partial charge in [0.05, 0.1) is 0 Å². The Hall–Kier alpha value is -0.880. The summed E-state index contributed by atoms with van der Waals surface area (Å²) in [5.74, 6) is 0.244. The molecule has 0 fully saturated rings. The molecule has 0 aromatic heterocycles. The van der Waals surface area contributed by atoms with Crippen molar-refractivity contribution < 1.29 is 18.3 Å². The molecule has 0 saturated heterocycles. The second-order valence-corrected chi connectivity index (χ2v) is 5.64. The summed E-state index contributed by atoms with van der Waals surface area (Å²) in [6.07, 6.45) is 0.605. The Kier molecular flexibility index (Phi) is 4.92. The minimum absolute atomic E-state index is 0.0366. The summed E-state index contributed by atoms with van der Waals surface area (Å²) in [6.45, 7) is 3.93. The molecule has 0 aliphatic rings. The van der Waals surface area contributed by atoms with Crippen LogP contribution in [0.1, 0.15) is 31.9 Å². The summed E-state index contributed by atoms with van der Waals surface area (Å²) in [7, 11) is 0. The Balaban J connectivity index is 2.94. The number of aromatic hydroxyl groups is 1. The fraction of sp³-hybridized carbons (Fsp3) is 0.500. The molecule has 18 heavy (non-hydrogen) atoms. The van der Waals surface area contributed by atoms with Gasteiger partial charge >= 0.3 is 5.51 Å². The van der Waals surface area contributed by atoms with Gasteiger partial charge in [-0.1, -0.05) is 13.8 Å². The fourth-order valence-electron chi connectivity index (χ4n) is 1.66. The number of hydrogen-bond acceptors (Lipinski definition) is 3. The molecule has 0 unspecified atom stereocenters. The Morgan fingerprint density at radius 1 is 1.33 bits per heavy atom. The second-order valence-electron chi connectivity index (χ2n) is 4.50. The van der Waals surface area contributed by atoms with Crippen molar-refractivity contribution in [3.8, 4) is 5.75 Å². The molecular weight excluding hydrogens is 263 g/mol. The van der Waals surface area contributed by atoms with Crippen molar-refractivity contribution in [2.45, 2.75) is 36.7 Å². The van der Waals surface area contributed by atoms with Crippen molar-refractivity contribution in [1.82, 2.24) is 0 Å². The van der Waals surface area contributed by atoms with Crippen LogP contribution in [0.3, 0.4) is 0 Å². The highest BCUT2D eigenvalue weighted by atomic mass is 32.2. The van der Waals surface area contributed by atoms with Crippen molar-refractivity contribution in [2.75, 3.05) is 0 Å². The van der Waals surface area contributed by atoms with Gasteiger partial charge in [-0.05, 0) is 42.3 Å². The molecule has 0 aliphatic carbocycles. The lowest BCUT2D eigenvalue weighted by molar-refractivity contribution is -0.0328. The van der Waals surface area contributed by atoms with E-state index in [1.165, 1.54) is 18.2 Å². The van der Waals surface area contributed by atoms with Crippen LogP contribution in [0.25, 0.3) is 0 Å². The van der Waals surface area contributed by atoms with E-state index in [1.54, 1.807) is 0 Å². The number of rotatable bonds is 4. The van der Waals surface area contributed by atoms with Crippen molar-refractivity contribution >= 4 is 11.8 Å². The molecule has 1 rings (SSSR count). The van der Waals surface area contributed by atoms with Crippen LogP contribution in [0.2, 0.25) is 0 Å². The third-order valence-corrected chi connectivity index (χ3v) is 3.08. The summed E-state index contributed by atoms with van der Waals surface area (Å²) in [5, 5.41) is 9.65. The van der Waals surface area contributed by atoms with Crippen LogP contribution in [0.15, 0.2) is 23.1 Å². The average Bonchev–Trinajstić information content (AvgIpc) is 2.17. The largest absolute Gasteiger partial charge is 0.508 e. The highest BCUT2D eigenvalue weighted by Crippen LogP contribution is 2.39. The van der Waals surface area contributed by atoms with E-state index in [1.807, 2.05) is 13.8 Å². The number of hydrogen-bond donors (Lipinski definition) is 2. The fourth-order valence-corrected chi connectivity index (χ4v) is 2.25. The van der Waals surface area contributed by atoms with Crippen molar-refractivity contribution in [1.29, 1.82) is 0 Å². The molecule has 2 nitrogen and oxygen atoms in total. The molecule has 0 saturated carbocycles. The molecule has 3 N–H and O–H groups in total. The number of alkyl halides is 3. The highest BCUT2D eigenvalue weighted by molar-refractivity contribution is 8.00. The Labute approximate surface area is 108 Å². The minimum Gasteiger partial charge on any atom is -0.508 e. The van der Waals surface area contributed by atoms with E-state index in [-0.39, 0.29) is 22.4 Å². The van der Waals surface area contributed by atoms with Gasteiger partial charge in [-0.2, -0.15) is 13.2 Å². The van der Waals surface area contributed by atoms with Gasteiger partial charge in [-0.25, -0.2) is 0 Å². The van der Waals surface area contributed by atoms with Crippen LogP contribution in [-0.4, -0.2) is 10.6 Å². The predicted octanol–water partition coefficient (Wildman–Crippen LogP) is 4.05. The van der Waals surface area contributed by atoms with Crippen LogP contribution in [0.4, 0.5) is 13.2 Å². The molecule has 1 aromatic carbocycles. The summed E-state index contributed by atoms with van der Waals surface area (Å²) in [5.41, 5.74) is 1.90. The third kappa shape index (κ3) is 4.78. The van der Waals surface area contributed by atoms with E-state index in [0.29, 0.717) is 17.9 Å². The van der Waals surface area contributed by atoms with Gasteiger partial charge < -0.3 is 10.8 Å². The van der Waals surface area contributed by atoms with Gasteiger partial charge in [0.1, 0.15) is 5.75 Å². The Bertz CT molecular complexity index is 407. The summed E-state index contributed by atoms with van der Waals surface area (Å²) < 4.78 is 36.8. The van der Waals surface area contributed by atoms with Crippen molar-refractivity contribution in [3.05, 3.63) is 23.8 Å². The molecule has 0 aliphatic heterocycles. The molecule has 0 spiro atoms. The van der Waals surface area contributed by atoms with Gasteiger partial charge in [-0.15, -0.1) is 0 Å². The Morgan fingerprint density at radius 2 is 1.94 bits per heavy atom. The Morgan fingerprint density at radius 3 is 2.44 bits per heavy atom. The smallest absolute Gasteiger partial charge is 0.446 e. The monoisotopic (exact) mass is 279 g/mol. The number of nitrogens with two attached hydrogens (primary N) is 1. The first-order valence-electron chi connectivity index (χ1n) is 5.53. The lowest BCUT2D eigenvalue weighted by Gasteiger charge is -2.17. The molecule has 1 atom stereocenters. The number of benzene rings is 1. The van der Waals surface area contributed by atoms with Crippen LogP contribution in [-0.2, 0) is 0 Å². The van der Waals surface area contributed by atoms with Gasteiger partial charge in [0, 0.05) is 16.5 Å². The SMILES string of the molecule is CC(C)C[C@@H](N)c1cc(SC(F)(F)F)ccc1O. The molecule has 0 radical (unpaired) electrons. The van der Waals surface area contributed by atoms with Crippen LogP contribution < -0.4 is 5.73 Å². The van der Waals surface area contributed by atoms with E-state index >= 15 is 0 Å². The highest BCUT2D eigenvalue weighted by Gasteiger charge is 2.29. The summed E-state index contributed by atoms with van der Waals surface area (Å²) in [4.78, 5) is 0.0366. The van der Waals surface area contributed by atoms with E-state index in [9.17, 15) is 18.3 Å². The van der Waals surface area contributed by atoms with E-state index in [4.69, 9.17) is 5.73 Å². The topological polar surface area (TPSA) is 46.2 Å². The van der Waals surface area contributed by atoms with Crippen LogP contribution >= 0.6 is 11.8 Å². The normalized spacial score (nSPS) is 13.9. The van der Waals surface area contributed by atoms with Gasteiger partial charge in [0.25, 0.3) is 0 Å². The molecule has 6 heteroatoms. The average molecular weight is 279 g/mol. The van der Waals surface area contributed by atoms with Crippen molar-refractivity contribution in [2.24, 2.45) is 11.7 Å². The molecule has 0 heterocycles. The number of halogens is 3. The zero-order valence-corrected chi connectivity index (χ0v) is 11.0. The van der Waals surface area contributed by atoms with E-state index < -0.39 is 11.6 Å². The van der Waals surface area contributed by atoms with Crippen molar-refractivity contribution in [3.63, 3.8) is 0 Å². The maximum absolute atomic E-state index is 12.3. The minimum atomic E-state index is -4.34. The molecule has 102 valence electrons. The molecular formula is C12H16F3NOS. The molecule has 1 aromatic rings. The van der Waals surface area contributed by atoms with Crippen LogP contribution in [0.5, 0.6) is 5.75 Å². The maximum Gasteiger partial charge on any atom is 0.446 e. The second kappa shape index (κ2) is 5.84. The third-order valence-electron chi connectivity index (χ3n) is 2.36. The quantitative estimate of drug-likeness (QED) is 0.817. The number of thioether (sulfide) groups is 1. The van der Waals surface area contributed by atoms with Gasteiger partial charge in [0.15, 0.2) is 0 Å².